The summed E-state index contributed by atoms with van der Waals surface area (Å²) in [4.78, 5) is 20.0. The predicted octanol–water partition coefficient (Wildman–Crippen LogP) is 2.11. The molecule has 0 unspecified atom stereocenters. The molecule has 1 aliphatic heterocycles. The first-order chi connectivity index (χ1) is 12.0. The molecule has 2 heterocycles. The standard InChI is InChI=1S/C17H18N4O3S/c22-17-6-3-12-8-14(4-5-15(12)20-17)25(23,24)21-13-9-18-16(19-10-13)7-11-1-2-11/h4-5,8-11,21H,1-3,6-7H2,(H,20,22). The van der Waals surface area contributed by atoms with Crippen molar-refractivity contribution in [1.82, 2.24) is 9.97 Å². The van der Waals surface area contributed by atoms with Gasteiger partial charge in [0, 0.05) is 18.5 Å². The minimum atomic E-state index is -3.73. The van der Waals surface area contributed by atoms with E-state index >= 15 is 0 Å². The van der Waals surface area contributed by atoms with Crippen LogP contribution in [0.2, 0.25) is 0 Å². The van der Waals surface area contributed by atoms with Gasteiger partial charge in [0.15, 0.2) is 0 Å². The van der Waals surface area contributed by atoms with Gasteiger partial charge >= 0.3 is 0 Å². The number of nitrogens with one attached hydrogen (secondary N) is 2. The number of aromatic nitrogens is 2. The van der Waals surface area contributed by atoms with Crippen molar-refractivity contribution in [3.8, 4) is 0 Å². The lowest BCUT2D eigenvalue weighted by atomic mass is 10.0. The smallest absolute Gasteiger partial charge is 0.262 e. The molecule has 1 saturated carbocycles. The van der Waals surface area contributed by atoms with Crippen molar-refractivity contribution < 1.29 is 13.2 Å². The molecule has 1 amide bonds. The molecule has 0 saturated heterocycles. The Morgan fingerprint density at radius 3 is 2.64 bits per heavy atom. The predicted molar refractivity (Wildman–Crippen MR) is 92.7 cm³/mol. The zero-order valence-electron chi connectivity index (χ0n) is 13.5. The van der Waals surface area contributed by atoms with Crippen molar-refractivity contribution >= 4 is 27.3 Å². The Kier molecular flexibility index (Phi) is 3.91. The number of amides is 1. The number of benzene rings is 1. The number of nitrogens with zero attached hydrogens (tertiary/aromatic N) is 2. The van der Waals surface area contributed by atoms with E-state index in [9.17, 15) is 13.2 Å². The molecule has 130 valence electrons. The number of fused-ring (bicyclic) bond motifs is 1. The molecule has 7 nitrogen and oxygen atoms in total. The van der Waals surface area contributed by atoms with Crippen LogP contribution in [0, 0.1) is 5.92 Å². The SMILES string of the molecule is O=C1CCc2cc(S(=O)(=O)Nc3cnc(CC4CC4)nc3)ccc2N1. The molecule has 2 N–H and O–H groups in total. The maximum atomic E-state index is 12.6. The van der Waals surface area contributed by atoms with Crippen molar-refractivity contribution in [1.29, 1.82) is 0 Å². The first-order valence-electron chi connectivity index (χ1n) is 8.26. The summed E-state index contributed by atoms with van der Waals surface area (Å²) in [6.45, 7) is 0. The second kappa shape index (κ2) is 6.11. The van der Waals surface area contributed by atoms with E-state index in [1.54, 1.807) is 12.1 Å². The molecule has 1 aliphatic carbocycles. The minimum absolute atomic E-state index is 0.0512. The fraction of sp³-hybridized carbons (Fsp3) is 0.353. The fourth-order valence-electron chi connectivity index (χ4n) is 2.83. The van der Waals surface area contributed by atoms with Gasteiger partial charge in [-0.1, -0.05) is 0 Å². The molecular formula is C17H18N4O3S. The number of aryl methyl sites for hydroxylation is 1. The molecule has 0 bridgehead atoms. The third-order valence-corrected chi connectivity index (χ3v) is 5.79. The van der Waals surface area contributed by atoms with Crippen LogP contribution >= 0.6 is 0 Å². The molecule has 4 rings (SSSR count). The first kappa shape index (κ1) is 16.0. The topological polar surface area (TPSA) is 101 Å². The van der Waals surface area contributed by atoms with Gasteiger partial charge in [0.1, 0.15) is 5.82 Å². The Hall–Kier alpha value is -2.48. The van der Waals surface area contributed by atoms with Gasteiger partial charge in [-0.3, -0.25) is 9.52 Å². The van der Waals surface area contributed by atoms with Crippen LogP contribution in [-0.4, -0.2) is 24.3 Å². The van der Waals surface area contributed by atoms with E-state index in [-0.39, 0.29) is 10.8 Å². The Morgan fingerprint density at radius 1 is 1.16 bits per heavy atom. The number of anilines is 2. The summed E-state index contributed by atoms with van der Waals surface area (Å²) < 4.78 is 27.6. The van der Waals surface area contributed by atoms with E-state index in [2.05, 4.69) is 20.0 Å². The lowest BCUT2D eigenvalue weighted by molar-refractivity contribution is -0.116. The zero-order chi connectivity index (χ0) is 17.4. The summed E-state index contributed by atoms with van der Waals surface area (Å²) in [5, 5.41) is 2.74. The van der Waals surface area contributed by atoms with Crippen LogP contribution in [0.5, 0.6) is 0 Å². The van der Waals surface area contributed by atoms with Crippen molar-refractivity contribution in [3.05, 3.63) is 42.0 Å². The van der Waals surface area contributed by atoms with Gasteiger partial charge in [-0.15, -0.1) is 0 Å². The molecule has 0 radical (unpaired) electrons. The van der Waals surface area contributed by atoms with E-state index in [4.69, 9.17) is 0 Å². The van der Waals surface area contributed by atoms with E-state index in [1.165, 1.54) is 31.3 Å². The molecule has 1 aromatic heterocycles. The highest BCUT2D eigenvalue weighted by Crippen LogP contribution is 2.31. The Balaban J connectivity index is 1.52. The highest BCUT2D eigenvalue weighted by atomic mass is 32.2. The van der Waals surface area contributed by atoms with Gasteiger partial charge in [0.25, 0.3) is 10.0 Å². The number of rotatable bonds is 5. The third kappa shape index (κ3) is 3.63. The summed E-state index contributed by atoms with van der Waals surface area (Å²) in [5.41, 5.74) is 1.83. The van der Waals surface area contributed by atoms with Crippen LogP contribution in [0.25, 0.3) is 0 Å². The van der Waals surface area contributed by atoms with E-state index in [0.717, 1.165) is 17.8 Å². The Morgan fingerprint density at radius 2 is 1.92 bits per heavy atom. The monoisotopic (exact) mass is 358 g/mol. The number of sulfonamides is 1. The molecule has 8 heteroatoms. The van der Waals surface area contributed by atoms with Crippen molar-refractivity contribution in [2.45, 2.75) is 37.0 Å². The number of hydrogen-bond donors (Lipinski definition) is 2. The lowest BCUT2D eigenvalue weighted by Crippen LogP contribution is -2.20. The van der Waals surface area contributed by atoms with Crippen LogP contribution < -0.4 is 10.0 Å². The van der Waals surface area contributed by atoms with Crippen molar-refractivity contribution in [2.24, 2.45) is 5.92 Å². The van der Waals surface area contributed by atoms with Gasteiger partial charge in [-0.25, -0.2) is 18.4 Å². The zero-order valence-corrected chi connectivity index (χ0v) is 14.3. The Bertz CT molecular complexity index is 921. The van der Waals surface area contributed by atoms with Crippen LogP contribution in [0.4, 0.5) is 11.4 Å². The lowest BCUT2D eigenvalue weighted by Gasteiger charge is -2.17. The number of hydrogen-bond acceptors (Lipinski definition) is 5. The maximum absolute atomic E-state index is 12.6. The van der Waals surface area contributed by atoms with Gasteiger partial charge in [0.2, 0.25) is 5.91 Å². The average Bonchev–Trinajstić information content (AvgIpc) is 3.40. The molecule has 1 aromatic carbocycles. The van der Waals surface area contributed by atoms with Gasteiger partial charge in [-0.2, -0.15) is 0 Å². The van der Waals surface area contributed by atoms with Gasteiger partial charge in [-0.05, 0) is 48.9 Å². The second-order valence-corrected chi connectivity index (χ2v) is 8.19. The average molecular weight is 358 g/mol. The van der Waals surface area contributed by atoms with Gasteiger partial charge < -0.3 is 5.32 Å². The van der Waals surface area contributed by atoms with E-state index < -0.39 is 10.0 Å². The molecule has 1 fully saturated rings. The van der Waals surface area contributed by atoms with Crippen LogP contribution in [-0.2, 0) is 27.7 Å². The van der Waals surface area contributed by atoms with Crippen molar-refractivity contribution in [2.75, 3.05) is 10.0 Å². The van der Waals surface area contributed by atoms with Crippen molar-refractivity contribution in [3.63, 3.8) is 0 Å². The minimum Gasteiger partial charge on any atom is -0.326 e. The molecule has 2 aromatic rings. The van der Waals surface area contributed by atoms with Crippen LogP contribution in [0.15, 0.2) is 35.5 Å². The summed E-state index contributed by atoms with van der Waals surface area (Å²) in [5.74, 6) is 1.37. The van der Waals surface area contributed by atoms with Crippen LogP contribution in [0.3, 0.4) is 0 Å². The summed E-state index contributed by atoms with van der Waals surface area (Å²) in [6, 6.07) is 4.70. The molecule has 0 atom stereocenters. The fourth-order valence-corrected chi connectivity index (χ4v) is 3.91. The van der Waals surface area contributed by atoms with Crippen LogP contribution in [0.1, 0.15) is 30.7 Å². The normalized spacial score (nSPS) is 16.9. The molecule has 25 heavy (non-hydrogen) atoms. The summed E-state index contributed by atoms with van der Waals surface area (Å²) in [6.07, 6.45) is 7.18. The quantitative estimate of drug-likeness (QED) is 0.852. The second-order valence-electron chi connectivity index (χ2n) is 6.51. The third-order valence-electron chi connectivity index (χ3n) is 4.41. The number of carbonyl (C=O) groups excluding carboxylic acids is 1. The number of carbonyl (C=O) groups is 1. The largest absolute Gasteiger partial charge is 0.326 e. The summed E-state index contributed by atoms with van der Waals surface area (Å²) >= 11 is 0. The highest BCUT2D eigenvalue weighted by Gasteiger charge is 2.23. The van der Waals surface area contributed by atoms with E-state index in [0.29, 0.717) is 30.1 Å². The van der Waals surface area contributed by atoms with Gasteiger partial charge in [0.05, 0.1) is 23.0 Å². The molecular weight excluding hydrogens is 340 g/mol. The van der Waals surface area contributed by atoms with E-state index in [1.807, 2.05) is 0 Å². The highest BCUT2D eigenvalue weighted by molar-refractivity contribution is 7.92. The summed E-state index contributed by atoms with van der Waals surface area (Å²) in [7, 11) is -3.73. The maximum Gasteiger partial charge on any atom is 0.262 e. The first-order valence-corrected chi connectivity index (χ1v) is 9.74. The Labute approximate surface area is 145 Å². The molecule has 2 aliphatic rings. The molecule has 0 spiro atoms.